The number of benzene rings is 1. The first kappa shape index (κ1) is 15.0. The molecule has 0 fully saturated rings. The summed E-state index contributed by atoms with van der Waals surface area (Å²) in [4.78, 5) is 10.9. The highest BCUT2D eigenvalue weighted by atomic mass is 79.9. The van der Waals surface area contributed by atoms with Gasteiger partial charge in [0.05, 0.1) is 5.56 Å². The van der Waals surface area contributed by atoms with Crippen LogP contribution in [-0.2, 0) is 0 Å². The average molecular weight is 316 g/mol. The van der Waals surface area contributed by atoms with Gasteiger partial charge in [0.15, 0.2) is 0 Å². The number of carbonyl (C=O) groups is 1. The number of nitrogens with one attached hydrogen (secondary N) is 1. The molecule has 0 aliphatic rings. The first-order valence-electron chi connectivity index (χ1n) is 5.91. The van der Waals surface area contributed by atoms with E-state index >= 15 is 0 Å². The van der Waals surface area contributed by atoms with Crippen molar-refractivity contribution in [2.24, 2.45) is 5.92 Å². The SMILES string of the molecule is CC(CO)CCCNc1cc(Br)cc(C(=O)O)c1. The molecule has 0 saturated heterocycles. The molecule has 1 aromatic carbocycles. The number of aliphatic hydroxyl groups excluding tert-OH is 1. The Labute approximate surface area is 115 Å². The van der Waals surface area contributed by atoms with Crippen molar-refractivity contribution in [2.45, 2.75) is 19.8 Å². The zero-order valence-corrected chi connectivity index (χ0v) is 11.9. The number of carboxylic acid groups (broad SMARTS) is 1. The molecular formula is C13H18BrNO3. The molecule has 1 unspecified atom stereocenters. The third-order valence-electron chi connectivity index (χ3n) is 2.66. The van der Waals surface area contributed by atoms with E-state index < -0.39 is 5.97 Å². The molecular weight excluding hydrogens is 298 g/mol. The van der Waals surface area contributed by atoms with Crippen LogP contribution in [0.1, 0.15) is 30.1 Å². The highest BCUT2D eigenvalue weighted by molar-refractivity contribution is 9.10. The van der Waals surface area contributed by atoms with Crippen molar-refractivity contribution in [1.29, 1.82) is 0 Å². The van der Waals surface area contributed by atoms with Gasteiger partial charge in [-0.3, -0.25) is 0 Å². The van der Waals surface area contributed by atoms with Gasteiger partial charge in [0.2, 0.25) is 0 Å². The summed E-state index contributed by atoms with van der Waals surface area (Å²) in [5, 5.41) is 21.0. The molecule has 0 aromatic heterocycles. The molecule has 0 radical (unpaired) electrons. The van der Waals surface area contributed by atoms with Gasteiger partial charge in [0.25, 0.3) is 0 Å². The molecule has 0 aliphatic carbocycles. The van der Waals surface area contributed by atoms with E-state index in [4.69, 9.17) is 10.2 Å². The summed E-state index contributed by atoms with van der Waals surface area (Å²) in [7, 11) is 0. The highest BCUT2D eigenvalue weighted by Crippen LogP contribution is 2.20. The Hall–Kier alpha value is -1.07. The van der Waals surface area contributed by atoms with Crippen LogP contribution < -0.4 is 5.32 Å². The summed E-state index contributed by atoms with van der Waals surface area (Å²) >= 11 is 3.29. The van der Waals surface area contributed by atoms with Gasteiger partial charge in [0, 0.05) is 23.3 Å². The van der Waals surface area contributed by atoms with Gasteiger partial charge in [-0.2, -0.15) is 0 Å². The van der Waals surface area contributed by atoms with Gasteiger partial charge in [-0.15, -0.1) is 0 Å². The Morgan fingerprint density at radius 1 is 1.44 bits per heavy atom. The Morgan fingerprint density at radius 3 is 2.78 bits per heavy atom. The molecule has 5 heteroatoms. The topological polar surface area (TPSA) is 69.6 Å². The minimum Gasteiger partial charge on any atom is -0.478 e. The monoisotopic (exact) mass is 315 g/mol. The normalized spacial score (nSPS) is 12.2. The van der Waals surface area contributed by atoms with Crippen LogP contribution in [0.3, 0.4) is 0 Å². The van der Waals surface area contributed by atoms with Crippen LogP contribution in [0.15, 0.2) is 22.7 Å². The summed E-state index contributed by atoms with van der Waals surface area (Å²) in [6.07, 6.45) is 1.89. The summed E-state index contributed by atoms with van der Waals surface area (Å²) in [6.45, 7) is 2.97. The van der Waals surface area contributed by atoms with E-state index in [2.05, 4.69) is 21.2 Å². The molecule has 1 rings (SSSR count). The Bertz CT molecular complexity index is 409. The minimum absolute atomic E-state index is 0.208. The number of aromatic carboxylic acids is 1. The molecule has 0 amide bonds. The van der Waals surface area contributed by atoms with E-state index in [1.54, 1.807) is 12.1 Å². The predicted molar refractivity (Wildman–Crippen MR) is 75.1 cm³/mol. The van der Waals surface area contributed by atoms with Gasteiger partial charge in [-0.25, -0.2) is 4.79 Å². The second-order valence-corrected chi connectivity index (χ2v) is 5.31. The quantitative estimate of drug-likeness (QED) is 0.677. The molecule has 18 heavy (non-hydrogen) atoms. The van der Waals surface area contributed by atoms with Crippen LogP contribution in [0.2, 0.25) is 0 Å². The third kappa shape index (κ3) is 5.06. The molecule has 1 aromatic rings. The van der Waals surface area contributed by atoms with E-state index in [0.29, 0.717) is 5.92 Å². The van der Waals surface area contributed by atoms with Crippen LogP contribution in [0.5, 0.6) is 0 Å². The summed E-state index contributed by atoms with van der Waals surface area (Å²) in [5.41, 5.74) is 1.05. The van der Waals surface area contributed by atoms with E-state index in [9.17, 15) is 4.79 Å². The van der Waals surface area contributed by atoms with Crippen LogP contribution >= 0.6 is 15.9 Å². The maximum absolute atomic E-state index is 10.9. The van der Waals surface area contributed by atoms with E-state index in [1.165, 1.54) is 0 Å². The van der Waals surface area contributed by atoms with Gasteiger partial charge in [-0.05, 0) is 37.0 Å². The molecule has 4 nitrogen and oxygen atoms in total. The van der Waals surface area contributed by atoms with Crippen molar-refractivity contribution in [1.82, 2.24) is 0 Å². The Kier molecular flexibility index (Phi) is 6.15. The van der Waals surface area contributed by atoms with Crippen molar-refractivity contribution >= 4 is 27.6 Å². The van der Waals surface area contributed by atoms with E-state index in [1.807, 2.05) is 13.0 Å². The Balaban J connectivity index is 2.49. The standard InChI is InChI=1S/C13H18BrNO3/c1-9(8-16)3-2-4-15-12-6-10(13(17)18)5-11(14)7-12/h5-7,9,15-16H,2-4,8H2,1H3,(H,17,18). The van der Waals surface area contributed by atoms with Crippen LogP contribution in [0.25, 0.3) is 0 Å². The van der Waals surface area contributed by atoms with Crippen molar-refractivity contribution < 1.29 is 15.0 Å². The number of carboxylic acids is 1. The lowest BCUT2D eigenvalue weighted by atomic mass is 10.1. The summed E-state index contributed by atoms with van der Waals surface area (Å²) < 4.78 is 0.744. The lowest BCUT2D eigenvalue weighted by Crippen LogP contribution is -2.07. The van der Waals surface area contributed by atoms with Crippen LogP contribution in [0.4, 0.5) is 5.69 Å². The van der Waals surface area contributed by atoms with Crippen molar-refractivity contribution in [3.8, 4) is 0 Å². The summed E-state index contributed by atoms with van der Waals surface area (Å²) in [5.74, 6) is -0.628. The number of anilines is 1. The molecule has 0 spiro atoms. The van der Waals surface area contributed by atoms with Gasteiger partial charge < -0.3 is 15.5 Å². The molecule has 0 aliphatic heterocycles. The molecule has 3 N–H and O–H groups in total. The lowest BCUT2D eigenvalue weighted by molar-refractivity contribution is 0.0697. The van der Waals surface area contributed by atoms with Gasteiger partial charge in [0.1, 0.15) is 0 Å². The maximum Gasteiger partial charge on any atom is 0.335 e. The fourth-order valence-corrected chi connectivity index (χ4v) is 2.08. The molecule has 1 atom stereocenters. The second-order valence-electron chi connectivity index (χ2n) is 4.39. The van der Waals surface area contributed by atoms with Crippen molar-refractivity contribution in [2.75, 3.05) is 18.5 Å². The third-order valence-corrected chi connectivity index (χ3v) is 3.12. The lowest BCUT2D eigenvalue weighted by Gasteiger charge is -2.10. The average Bonchev–Trinajstić information content (AvgIpc) is 2.33. The number of aliphatic hydroxyl groups is 1. The van der Waals surface area contributed by atoms with Crippen molar-refractivity contribution in [3.63, 3.8) is 0 Å². The van der Waals surface area contributed by atoms with Gasteiger partial charge in [-0.1, -0.05) is 22.9 Å². The highest BCUT2D eigenvalue weighted by Gasteiger charge is 2.06. The van der Waals surface area contributed by atoms with Crippen molar-refractivity contribution in [3.05, 3.63) is 28.2 Å². The first-order valence-corrected chi connectivity index (χ1v) is 6.71. The Morgan fingerprint density at radius 2 is 2.17 bits per heavy atom. The maximum atomic E-state index is 10.9. The molecule has 0 bridgehead atoms. The number of hydrogen-bond acceptors (Lipinski definition) is 3. The molecule has 0 heterocycles. The van der Waals surface area contributed by atoms with E-state index in [-0.39, 0.29) is 12.2 Å². The number of halogens is 1. The number of rotatable bonds is 7. The predicted octanol–water partition coefficient (Wildman–Crippen LogP) is 2.97. The second kappa shape index (κ2) is 7.38. The van der Waals surface area contributed by atoms with Crippen LogP contribution in [-0.4, -0.2) is 29.3 Å². The van der Waals surface area contributed by atoms with E-state index in [0.717, 1.165) is 29.5 Å². The van der Waals surface area contributed by atoms with Crippen LogP contribution in [0, 0.1) is 5.92 Å². The number of hydrogen-bond donors (Lipinski definition) is 3. The van der Waals surface area contributed by atoms with Gasteiger partial charge >= 0.3 is 5.97 Å². The molecule has 100 valence electrons. The largest absolute Gasteiger partial charge is 0.478 e. The smallest absolute Gasteiger partial charge is 0.335 e. The summed E-state index contributed by atoms with van der Waals surface area (Å²) in [6, 6.07) is 5.03. The molecule has 0 saturated carbocycles. The first-order chi connectivity index (χ1) is 8.52. The fraction of sp³-hybridized carbons (Fsp3) is 0.462. The minimum atomic E-state index is -0.937. The zero-order valence-electron chi connectivity index (χ0n) is 10.3. The fourth-order valence-electron chi connectivity index (χ4n) is 1.59. The zero-order chi connectivity index (χ0) is 13.5.